The van der Waals surface area contributed by atoms with Gasteiger partial charge in [0, 0.05) is 8.95 Å². The molecule has 0 radical (unpaired) electrons. The van der Waals surface area contributed by atoms with Gasteiger partial charge in [-0.25, -0.2) is 13.1 Å². The van der Waals surface area contributed by atoms with E-state index in [1.807, 2.05) is 20.8 Å². The lowest BCUT2D eigenvalue weighted by Gasteiger charge is -2.21. The molecule has 1 atom stereocenters. The van der Waals surface area contributed by atoms with E-state index in [4.69, 9.17) is 18.0 Å². The molecule has 0 heterocycles. The zero-order chi connectivity index (χ0) is 15.7. The number of nitrogens with one attached hydrogen (secondary N) is 1. The molecule has 0 aliphatic rings. The highest BCUT2D eigenvalue weighted by atomic mass is 79.9. The van der Waals surface area contributed by atoms with Gasteiger partial charge in [0.05, 0.1) is 15.9 Å². The first kappa shape index (κ1) is 18.0. The van der Waals surface area contributed by atoms with Gasteiger partial charge < -0.3 is 5.73 Å². The summed E-state index contributed by atoms with van der Waals surface area (Å²) in [5.41, 5.74) is 6.53. The Morgan fingerprint density at radius 3 is 2.30 bits per heavy atom. The molecule has 1 aromatic carbocycles. The number of hydrogen-bond donors (Lipinski definition) is 2. The lowest BCUT2D eigenvalue weighted by atomic mass is 10.1. The number of sulfonamides is 1. The van der Waals surface area contributed by atoms with Crippen molar-refractivity contribution in [1.82, 2.24) is 4.72 Å². The molecule has 0 bridgehead atoms. The van der Waals surface area contributed by atoms with Crippen molar-refractivity contribution in [3.05, 3.63) is 26.6 Å². The van der Waals surface area contributed by atoms with E-state index in [1.165, 1.54) is 0 Å². The first-order chi connectivity index (χ1) is 9.06. The monoisotopic (exact) mass is 442 g/mol. The molecule has 112 valence electrons. The van der Waals surface area contributed by atoms with Crippen molar-refractivity contribution in [2.24, 2.45) is 11.7 Å². The highest BCUT2D eigenvalue weighted by Crippen LogP contribution is 2.29. The van der Waals surface area contributed by atoms with Crippen molar-refractivity contribution in [1.29, 1.82) is 0 Å². The molecule has 0 fully saturated rings. The Morgan fingerprint density at radius 2 is 1.85 bits per heavy atom. The predicted octanol–water partition coefficient (Wildman–Crippen LogP) is 3.11. The molecule has 20 heavy (non-hydrogen) atoms. The summed E-state index contributed by atoms with van der Waals surface area (Å²) in [5, 5.41) is 0. The molecule has 0 saturated carbocycles. The summed E-state index contributed by atoms with van der Waals surface area (Å²) in [6, 6.07) is 2.71. The fourth-order valence-electron chi connectivity index (χ4n) is 1.59. The second kappa shape index (κ2) is 6.83. The Bertz CT molecular complexity index is 631. The zero-order valence-electron chi connectivity index (χ0n) is 11.3. The molecule has 0 saturated heterocycles. The maximum Gasteiger partial charge on any atom is 0.242 e. The summed E-state index contributed by atoms with van der Waals surface area (Å²) in [7, 11) is -3.71. The van der Waals surface area contributed by atoms with Gasteiger partial charge in [-0.05, 0) is 46.5 Å². The maximum absolute atomic E-state index is 12.5. The summed E-state index contributed by atoms with van der Waals surface area (Å²) in [4.78, 5) is 0.280. The highest BCUT2D eigenvalue weighted by Gasteiger charge is 2.26. The van der Waals surface area contributed by atoms with Crippen molar-refractivity contribution >= 4 is 59.1 Å². The van der Waals surface area contributed by atoms with Crippen LogP contribution in [0.3, 0.4) is 0 Å². The van der Waals surface area contributed by atoms with Crippen molar-refractivity contribution in [2.75, 3.05) is 0 Å². The van der Waals surface area contributed by atoms with Crippen LogP contribution >= 0.6 is 44.1 Å². The summed E-state index contributed by atoms with van der Waals surface area (Å²) in [6.07, 6.45) is 0. The number of nitrogens with two attached hydrogens (primary N) is 1. The van der Waals surface area contributed by atoms with E-state index in [-0.39, 0.29) is 15.8 Å². The van der Waals surface area contributed by atoms with Crippen LogP contribution in [0.2, 0.25) is 0 Å². The van der Waals surface area contributed by atoms with Crippen LogP contribution in [0.4, 0.5) is 0 Å². The second-order valence-corrected chi connectivity index (χ2v) is 8.64. The van der Waals surface area contributed by atoms with Crippen LogP contribution < -0.4 is 10.5 Å². The van der Waals surface area contributed by atoms with Gasteiger partial charge in [0.15, 0.2) is 0 Å². The van der Waals surface area contributed by atoms with Crippen LogP contribution in [0, 0.1) is 12.8 Å². The van der Waals surface area contributed by atoms with E-state index in [0.29, 0.717) is 4.47 Å². The molecule has 0 spiro atoms. The molecular weight excluding hydrogens is 428 g/mol. The van der Waals surface area contributed by atoms with Crippen LogP contribution in [0.15, 0.2) is 26.0 Å². The average Bonchev–Trinajstić information content (AvgIpc) is 2.30. The summed E-state index contributed by atoms with van der Waals surface area (Å²) in [5.74, 6) is -0.0325. The summed E-state index contributed by atoms with van der Waals surface area (Å²) >= 11 is 11.5. The fourth-order valence-corrected chi connectivity index (χ4v) is 5.03. The van der Waals surface area contributed by atoms with Crippen molar-refractivity contribution in [2.45, 2.75) is 31.7 Å². The molecule has 0 aliphatic heterocycles. The molecule has 4 nitrogen and oxygen atoms in total. The first-order valence-electron chi connectivity index (χ1n) is 5.83. The number of rotatable bonds is 5. The Balaban J connectivity index is 3.24. The van der Waals surface area contributed by atoms with Crippen molar-refractivity contribution in [3.63, 3.8) is 0 Å². The first-order valence-corrected chi connectivity index (χ1v) is 9.31. The smallest absolute Gasteiger partial charge is 0.242 e. The van der Waals surface area contributed by atoms with Gasteiger partial charge in [-0.3, -0.25) is 0 Å². The van der Waals surface area contributed by atoms with E-state index in [0.717, 1.165) is 10.0 Å². The van der Waals surface area contributed by atoms with Gasteiger partial charge in [0.1, 0.15) is 0 Å². The molecule has 0 aromatic heterocycles. The maximum atomic E-state index is 12.5. The number of benzene rings is 1. The molecule has 1 aromatic rings. The minimum absolute atomic E-state index is 0.0325. The number of hydrogen-bond acceptors (Lipinski definition) is 3. The van der Waals surface area contributed by atoms with Gasteiger partial charge in [-0.1, -0.05) is 42.0 Å². The van der Waals surface area contributed by atoms with Crippen LogP contribution in [0.25, 0.3) is 0 Å². The van der Waals surface area contributed by atoms with E-state index in [2.05, 4.69) is 36.6 Å². The summed E-state index contributed by atoms with van der Waals surface area (Å²) < 4.78 is 28.7. The molecular formula is C12H16Br2N2O2S2. The zero-order valence-corrected chi connectivity index (χ0v) is 16.1. The summed E-state index contributed by atoms with van der Waals surface area (Å²) in [6.45, 7) is 5.59. The largest absolute Gasteiger partial charge is 0.392 e. The molecule has 0 amide bonds. The number of thiocarbonyl (C=S) groups is 1. The van der Waals surface area contributed by atoms with Gasteiger partial charge in [-0.15, -0.1) is 0 Å². The van der Waals surface area contributed by atoms with Gasteiger partial charge in [0.2, 0.25) is 10.0 Å². The third-order valence-electron chi connectivity index (χ3n) is 2.76. The van der Waals surface area contributed by atoms with Crippen LogP contribution in [0.1, 0.15) is 19.4 Å². The normalized spacial score (nSPS) is 13.5. The van der Waals surface area contributed by atoms with Gasteiger partial charge >= 0.3 is 0 Å². The average molecular weight is 444 g/mol. The van der Waals surface area contributed by atoms with Gasteiger partial charge in [-0.2, -0.15) is 0 Å². The van der Waals surface area contributed by atoms with Crippen LogP contribution in [0.5, 0.6) is 0 Å². The van der Waals surface area contributed by atoms with E-state index < -0.39 is 16.1 Å². The molecule has 1 rings (SSSR count). The SMILES string of the molecule is Cc1cc(Br)c(S(=O)(=O)NC(C(N)=S)C(C)C)cc1Br. The van der Waals surface area contributed by atoms with Crippen molar-refractivity contribution < 1.29 is 8.42 Å². The Morgan fingerprint density at radius 1 is 1.30 bits per heavy atom. The highest BCUT2D eigenvalue weighted by molar-refractivity contribution is 9.11. The topological polar surface area (TPSA) is 72.2 Å². The van der Waals surface area contributed by atoms with Crippen LogP contribution in [-0.4, -0.2) is 19.4 Å². The minimum atomic E-state index is -3.71. The van der Waals surface area contributed by atoms with Crippen molar-refractivity contribution in [3.8, 4) is 0 Å². The second-order valence-electron chi connectivity index (χ2n) is 4.78. The lowest BCUT2D eigenvalue weighted by molar-refractivity contribution is 0.526. The molecule has 8 heteroatoms. The minimum Gasteiger partial charge on any atom is -0.392 e. The quantitative estimate of drug-likeness (QED) is 0.685. The van der Waals surface area contributed by atoms with Crippen LogP contribution in [-0.2, 0) is 10.0 Å². The molecule has 1 unspecified atom stereocenters. The standard InChI is InChI=1S/C12H16Br2N2O2S2/c1-6(2)11(12(15)19)16-20(17,18)10-5-8(13)7(3)4-9(10)14/h4-6,11,16H,1-3H3,(H2,15,19). The van der Waals surface area contributed by atoms with E-state index in [9.17, 15) is 8.42 Å². The van der Waals surface area contributed by atoms with E-state index in [1.54, 1.807) is 12.1 Å². The third-order valence-corrected chi connectivity index (χ3v) is 6.27. The predicted molar refractivity (Wildman–Crippen MR) is 92.3 cm³/mol. The fraction of sp³-hybridized carbons (Fsp3) is 0.417. The Hall–Kier alpha value is -0.0200. The number of aryl methyl sites for hydroxylation is 1. The van der Waals surface area contributed by atoms with Gasteiger partial charge in [0.25, 0.3) is 0 Å². The lowest BCUT2D eigenvalue weighted by Crippen LogP contribution is -2.46. The molecule has 0 aliphatic carbocycles. The third kappa shape index (κ3) is 4.24. The Kier molecular flexibility index (Phi) is 6.15. The van der Waals surface area contributed by atoms with E-state index >= 15 is 0 Å². The Labute approximate surface area is 141 Å². The number of halogens is 2. The molecule has 3 N–H and O–H groups in total.